The highest BCUT2D eigenvalue weighted by Gasteiger charge is 2.50. The monoisotopic (exact) mass is 1090 g/mol. The Morgan fingerprint density at radius 1 is 0.792 bits per heavy atom. The molecule has 1 fully saturated rings. The van der Waals surface area contributed by atoms with E-state index in [2.05, 4.69) is 0 Å². The topological polar surface area (TPSA) is 295 Å². The van der Waals surface area contributed by atoms with Gasteiger partial charge in [-0.3, -0.25) is 27.4 Å². The van der Waals surface area contributed by atoms with E-state index in [1.165, 1.54) is 37.4 Å². The number of anilines is 1. The van der Waals surface area contributed by atoms with E-state index < -0.39 is 96.6 Å². The molecule has 0 aromatic heterocycles. The molecule has 5 rings (SSSR count). The van der Waals surface area contributed by atoms with Crippen LogP contribution in [0.15, 0.2) is 82.3 Å². The summed E-state index contributed by atoms with van der Waals surface area (Å²) in [6.45, 7) is 11.3. The number of carbonyl (C=O) groups excluding carboxylic acids is 3. The zero-order valence-corrected chi connectivity index (χ0v) is 44.7. The maximum atomic E-state index is 12.9. The molecule has 72 heavy (non-hydrogen) atoms. The Morgan fingerprint density at radius 3 is 1.94 bits per heavy atom. The summed E-state index contributed by atoms with van der Waals surface area (Å²) < 4.78 is 147. The van der Waals surface area contributed by atoms with Crippen molar-refractivity contribution in [1.29, 1.82) is 0 Å². The van der Waals surface area contributed by atoms with E-state index in [1.54, 1.807) is 57.2 Å². The number of hydrogen-bond donors (Lipinski definition) is 3. The van der Waals surface area contributed by atoms with E-state index in [0.717, 1.165) is 7.11 Å². The molecular weight excluding hydrogens is 1020 g/mol. The molecule has 2 unspecified atom stereocenters. The number of carbonyl (C=O) groups is 3. The minimum Gasteiger partial charge on any atom is -0.378 e. The predicted octanol–water partition coefficient (Wildman–Crippen LogP) is 5.34. The third kappa shape index (κ3) is 13.7. The summed E-state index contributed by atoms with van der Waals surface area (Å²) in [5, 5.41) is 0.468. The molecule has 2 atom stereocenters. The van der Waals surface area contributed by atoms with Crippen LogP contribution < -0.4 is 4.90 Å². The second-order valence-corrected chi connectivity index (χ2v) is 25.7. The largest absolute Gasteiger partial charge is 0.378 e. The van der Waals surface area contributed by atoms with E-state index in [1.807, 2.05) is 30.2 Å². The summed E-state index contributed by atoms with van der Waals surface area (Å²) in [5.41, 5.74) is -0.926. The number of hydroxylamine groups is 2. The molecule has 0 bridgehead atoms. The van der Waals surface area contributed by atoms with Crippen molar-refractivity contribution in [3.63, 3.8) is 0 Å². The third-order valence-corrected chi connectivity index (χ3v) is 16.8. The fraction of sp³-hybridized carbons (Fsp3) is 0.532. The van der Waals surface area contributed by atoms with Gasteiger partial charge in [-0.2, -0.15) is 38.2 Å². The van der Waals surface area contributed by atoms with Gasteiger partial charge in [0.2, 0.25) is 5.69 Å². The van der Waals surface area contributed by atoms with Crippen LogP contribution in [0.5, 0.6) is 0 Å². The highest BCUT2D eigenvalue weighted by molar-refractivity contribution is 7.87. The number of hydrogen-bond acceptors (Lipinski definition) is 16. The molecule has 0 radical (unpaired) electrons. The molecule has 21 nitrogen and oxygen atoms in total. The van der Waals surface area contributed by atoms with E-state index >= 15 is 0 Å². The lowest BCUT2D eigenvalue weighted by molar-refractivity contribution is -0.441. The number of rotatable bonds is 25. The molecule has 3 heterocycles. The average molecular weight is 1090 g/mol. The number of benzene rings is 2. The summed E-state index contributed by atoms with van der Waals surface area (Å²) in [5.74, 6) is -3.21. The van der Waals surface area contributed by atoms with Crippen molar-refractivity contribution in [2.75, 3.05) is 50.4 Å². The van der Waals surface area contributed by atoms with Gasteiger partial charge in [0.05, 0.1) is 58.0 Å². The SMILES string of the molecule is COCC[N+]1=C(C=CC=CC=C2N(C(C)(C)COC(C)(C)CCC(=O)ON3C(=O)CCC3=O)c3ccc(S(=O)(=O)O)cc3C2(C)CCCS(=O)(=O)O)C(C)(CCCS(=O)(=O)O)c2cc(S(=O)(=O)OC)ccc21. The van der Waals surface area contributed by atoms with Crippen molar-refractivity contribution >= 4 is 75.3 Å². The number of imide groups is 1. The van der Waals surface area contributed by atoms with Crippen molar-refractivity contribution in [3.8, 4) is 0 Å². The standard InChI is InChI=1S/C47H63N3O18S4/c1-44(2,32-67-45(3,4)25-22-43(53)68-50-41(51)20-21-42(50)52)49-38-19-16-33(71(60,61)62)30-36(38)47(6,24-13-29-70(57,58)59)40(49)15-11-9-10-14-39-46(5,23-12-28-69(54,55)56)35-31-34(72(63,64)66-8)17-18-37(35)48(39)26-27-65-7/h9-11,14-19,30-31H,12-13,20-29,32H2,1-8H3,(H2-,54,55,56,57,58,59,60,61,62)/p+1. The number of ether oxygens (including phenoxy) is 2. The highest BCUT2D eigenvalue weighted by Crippen LogP contribution is 2.54. The van der Waals surface area contributed by atoms with E-state index in [9.17, 15) is 61.7 Å². The molecule has 0 saturated carbocycles. The summed E-state index contributed by atoms with van der Waals surface area (Å²) in [6.07, 6.45) is 8.55. The molecule has 0 spiro atoms. The third-order valence-electron chi connectivity index (χ3n) is 13.1. The lowest BCUT2D eigenvalue weighted by Gasteiger charge is -2.42. The first kappa shape index (κ1) is 58.2. The molecule has 398 valence electrons. The maximum absolute atomic E-state index is 12.9. The quantitative estimate of drug-likeness (QED) is 0.0371. The Kier molecular flexibility index (Phi) is 17.8. The van der Waals surface area contributed by atoms with Crippen LogP contribution in [0.2, 0.25) is 0 Å². The van der Waals surface area contributed by atoms with Gasteiger partial charge < -0.3 is 19.2 Å². The Balaban J connectivity index is 1.58. The molecule has 2 aromatic carbocycles. The van der Waals surface area contributed by atoms with Gasteiger partial charge >= 0.3 is 5.97 Å². The van der Waals surface area contributed by atoms with E-state index in [4.69, 9.17) is 18.5 Å². The second-order valence-electron chi connectivity index (χ2n) is 19.5. The second kappa shape index (κ2) is 22.0. The lowest BCUT2D eigenvalue weighted by atomic mass is 9.76. The summed E-state index contributed by atoms with van der Waals surface area (Å²) in [7, 11) is -15.1. The highest BCUT2D eigenvalue weighted by atomic mass is 32.2. The Labute approximate surface area is 421 Å². The molecular formula is C47H64N3O18S4+. The number of fused-ring (bicyclic) bond motifs is 2. The molecule has 0 aliphatic carbocycles. The first-order valence-electron chi connectivity index (χ1n) is 22.9. The molecule has 2 amide bonds. The van der Waals surface area contributed by atoms with Crippen LogP contribution >= 0.6 is 0 Å². The molecule has 25 heteroatoms. The van der Waals surface area contributed by atoms with Crippen molar-refractivity contribution in [2.24, 2.45) is 0 Å². The summed E-state index contributed by atoms with van der Waals surface area (Å²) in [6, 6.07) is 8.57. The van der Waals surface area contributed by atoms with Crippen LogP contribution in [0.1, 0.15) is 104 Å². The summed E-state index contributed by atoms with van der Waals surface area (Å²) in [4.78, 5) is 43.1. The molecule has 3 aliphatic heterocycles. The van der Waals surface area contributed by atoms with Gasteiger partial charge in [-0.15, -0.1) is 5.06 Å². The van der Waals surface area contributed by atoms with Gasteiger partial charge in [0.25, 0.3) is 52.3 Å². The average Bonchev–Trinajstić information content (AvgIpc) is 3.82. The van der Waals surface area contributed by atoms with Crippen LogP contribution in [0.4, 0.5) is 11.4 Å². The molecule has 1 saturated heterocycles. The Hall–Kier alpha value is -4.70. The van der Waals surface area contributed by atoms with Crippen molar-refractivity contribution < 1.29 is 84.8 Å². The fourth-order valence-corrected chi connectivity index (χ4v) is 11.5. The van der Waals surface area contributed by atoms with Gasteiger partial charge in [0.1, 0.15) is 6.61 Å². The minimum atomic E-state index is -4.73. The lowest BCUT2D eigenvalue weighted by Crippen LogP contribution is -2.49. The zero-order chi connectivity index (χ0) is 53.9. The van der Waals surface area contributed by atoms with Gasteiger partial charge in [-0.25, -0.2) is 4.79 Å². The number of allylic oxidation sites excluding steroid dienone is 6. The van der Waals surface area contributed by atoms with Crippen LogP contribution in [0.25, 0.3) is 0 Å². The Bertz CT molecular complexity index is 3020. The van der Waals surface area contributed by atoms with E-state index in [0.29, 0.717) is 45.5 Å². The van der Waals surface area contributed by atoms with Gasteiger partial charge in [0.15, 0.2) is 12.3 Å². The minimum absolute atomic E-state index is 0.00553. The van der Waals surface area contributed by atoms with Crippen LogP contribution in [-0.2, 0) is 84.2 Å². The van der Waals surface area contributed by atoms with Crippen molar-refractivity contribution in [3.05, 3.63) is 83.6 Å². The van der Waals surface area contributed by atoms with Gasteiger partial charge in [-0.05, 0) is 116 Å². The van der Waals surface area contributed by atoms with Crippen molar-refractivity contribution in [2.45, 2.75) is 125 Å². The first-order chi connectivity index (χ1) is 33.2. The number of methoxy groups -OCH3 is 1. The normalized spacial score (nSPS) is 20.7. The summed E-state index contributed by atoms with van der Waals surface area (Å²) >= 11 is 0. The maximum Gasteiger partial charge on any atom is 0.333 e. The van der Waals surface area contributed by atoms with E-state index in [-0.39, 0.29) is 69.5 Å². The molecule has 3 N–H and O–H groups in total. The van der Waals surface area contributed by atoms with Crippen LogP contribution in [0, 0.1) is 0 Å². The smallest absolute Gasteiger partial charge is 0.333 e. The zero-order valence-electron chi connectivity index (χ0n) is 41.5. The van der Waals surface area contributed by atoms with Crippen molar-refractivity contribution in [1.82, 2.24) is 5.06 Å². The molecule has 2 aromatic rings. The fourth-order valence-electron chi connectivity index (χ4n) is 9.26. The number of amides is 2. The number of nitrogens with zero attached hydrogens (tertiary/aromatic N) is 3. The van der Waals surface area contributed by atoms with Gasteiger partial charge in [0, 0.05) is 54.5 Å². The Morgan fingerprint density at radius 2 is 1.38 bits per heavy atom. The van der Waals surface area contributed by atoms with Crippen LogP contribution in [0.3, 0.4) is 0 Å². The van der Waals surface area contributed by atoms with Crippen LogP contribution in [-0.4, -0.2) is 137 Å². The predicted molar refractivity (Wildman–Crippen MR) is 264 cm³/mol. The van der Waals surface area contributed by atoms with Gasteiger partial charge in [-0.1, -0.05) is 18.2 Å². The first-order valence-corrected chi connectivity index (χ1v) is 28.9. The molecule has 3 aliphatic rings.